The van der Waals surface area contributed by atoms with E-state index in [4.69, 9.17) is 32.3 Å². The van der Waals surface area contributed by atoms with Crippen molar-refractivity contribution < 1.29 is 75.8 Å². The number of rotatable bonds is 76. The highest BCUT2D eigenvalue weighted by molar-refractivity contribution is 7.47. The number of hydrogen-bond donors (Lipinski definition) is 4. The number of unbranched alkanes of at least 4 members (excludes halogenated alkanes) is 19. The molecule has 616 valence electrons. The minimum absolute atomic E-state index is 0.0641. The van der Waals surface area contributed by atoms with Gasteiger partial charge in [-0.05, 0) is 167 Å². The molecular formula is C91H146O16P2. The third kappa shape index (κ3) is 82.9. The Morgan fingerprint density at radius 2 is 0.459 bits per heavy atom. The molecular weight excluding hydrogens is 1410 g/mol. The minimum Gasteiger partial charge on any atom is -0.463 e. The molecule has 0 amide bonds. The molecule has 0 radical (unpaired) electrons. The van der Waals surface area contributed by atoms with Gasteiger partial charge in [-0.15, -0.1) is 0 Å². The molecule has 0 aromatic carbocycles. The molecule has 5 atom stereocenters. The van der Waals surface area contributed by atoms with Crippen molar-refractivity contribution in [2.45, 2.75) is 309 Å². The quantitative estimate of drug-likeness (QED) is 0.0146. The maximum absolute atomic E-state index is 13.0. The van der Waals surface area contributed by atoms with Crippen molar-refractivity contribution in [2.24, 2.45) is 0 Å². The molecule has 0 aromatic heterocycles. The molecule has 18 heteroatoms. The molecule has 4 N–H and O–H groups in total. The van der Waals surface area contributed by atoms with Gasteiger partial charge in [0.2, 0.25) is 0 Å². The molecule has 0 spiro atoms. The monoisotopic (exact) mass is 1560 g/mol. The largest absolute Gasteiger partial charge is 0.472 e. The number of ether oxygens (including phenoxy) is 3. The number of allylic oxidation sites excluding steroid dienone is 34. The minimum atomic E-state index is -4.96. The van der Waals surface area contributed by atoms with Crippen LogP contribution in [0.4, 0.5) is 0 Å². The second-order valence-electron chi connectivity index (χ2n) is 26.8. The van der Waals surface area contributed by atoms with E-state index in [0.717, 1.165) is 205 Å². The molecule has 0 aromatic rings. The number of aliphatic hydroxyl groups is 2. The molecule has 0 bridgehead atoms. The lowest BCUT2D eigenvalue weighted by Crippen LogP contribution is -2.30. The van der Waals surface area contributed by atoms with Crippen LogP contribution in [0.25, 0.3) is 0 Å². The van der Waals surface area contributed by atoms with Crippen molar-refractivity contribution in [1.29, 1.82) is 0 Å². The standard InChI is InChI=1S/C91H146O16P2/c1-4-7-10-13-16-19-22-25-28-31-34-37-40-42-45-47-50-53-56-59-62-65-68-71-74-77-89(94)101-80-86(92)81-103-108(97,98)104-82-87(93)83-105-109(99,100)106-85-88(107-91(96)79-76-73-70-67-64-61-58-55-52-49-44-39-36-33-30-27-24-21-18-15-12-9-6-3)84-102-90(95)78-75-72-69-66-63-60-57-54-51-48-46-43-41-38-35-32-29-26-23-20-17-14-11-8-5-2/h7-12,16-21,25-30,34-39,42-43,45-46,49-50,52-53,58,61,86-88,92-93H,4-6,13-15,22-24,31-33,40-41,44,47-48,51,54-57,59-60,62-85H2,1-3H3,(H,97,98)(H,99,100)/b10-7-,11-8-,12-9-,19-16-,20-17-,21-18-,28-25-,29-26-,30-27-,37-34-,38-35-,39-36-,45-42-,46-43-,52-49-,53-50-,61-58-. The zero-order valence-corrected chi connectivity index (χ0v) is 69.2. The maximum atomic E-state index is 13.0. The Morgan fingerprint density at radius 1 is 0.257 bits per heavy atom. The van der Waals surface area contributed by atoms with E-state index in [1.54, 1.807) is 0 Å². The van der Waals surface area contributed by atoms with Crippen LogP contribution in [0.2, 0.25) is 0 Å². The van der Waals surface area contributed by atoms with Gasteiger partial charge in [-0.2, -0.15) is 0 Å². The molecule has 0 rings (SSSR count). The molecule has 0 fully saturated rings. The van der Waals surface area contributed by atoms with Gasteiger partial charge < -0.3 is 34.2 Å². The van der Waals surface area contributed by atoms with E-state index >= 15 is 0 Å². The van der Waals surface area contributed by atoms with Crippen LogP contribution in [0.1, 0.15) is 290 Å². The molecule has 0 aliphatic rings. The van der Waals surface area contributed by atoms with Crippen molar-refractivity contribution >= 4 is 33.6 Å². The van der Waals surface area contributed by atoms with E-state index in [-0.39, 0.29) is 19.3 Å². The molecule has 16 nitrogen and oxygen atoms in total. The van der Waals surface area contributed by atoms with Crippen molar-refractivity contribution in [3.05, 3.63) is 207 Å². The zero-order chi connectivity index (χ0) is 79.4. The highest BCUT2D eigenvalue weighted by Crippen LogP contribution is 2.45. The van der Waals surface area contributed by atoms with Crippen LogP contribution in [0.5, 0.6) is 0 Å². The summed E-state index contributed by atoms with van der Waals surface area (Å²) < 4.78 is 61.3. The average molecular weight is 1560 g/mol. The molecule has 0 heterocycles. The lowest BCUT2D eigenvalue weighted by atomic mass is 10.1. The van der Waals surface area contributed by atoms with Gasteiger partial charge in [0.15, 0.2) is 6.10 Å². The lowest BCUT2D eigenvalue weighted by molar-refractivity contribution is -0.161. The van der Waals surface area contributed by atoms with Crippen molar-refractivity contribution in [1.82, 2.24) is 0 Å². The first-order valence-corrected chi connectivity index (χ1v) is 44.4. The maximum Gasteiger partial charge on any atom is 0.472 e. The van der Waals surface area contributed by atoms with Crippen LogP contribution in [0.15, 0.2) is 207 Å². The van der Waals surface area contributed by atoms with Gasteiger partial charge in [-0.1, -0.05) is 311 Å². The summed E-state index contributed by atoms with van der Waals surface area (Å²) in [6.07, 6.45) is 109. The van der Waals surface area contributed by atoms with E-state index in [1.807, 2.05) is 0 Å². The van der Waals surface area contributed by atoms with Crippen LogP contribution >= 0.6 is 15.6 Å². The second kappa shape index (κ2) is 81.6. The Bertz CT molecular complexity index is 2810. The Morgan fingerprint density at radius 3 is 0.725 bits per heavy atom. The summed E-state index contributed by atoms with van der Waals surface area (Å²) in [5, 5.41) is 20.7. The Kier molecular flexibility index (Phi) is 77.2. The predicted molar refractivity (Wildman–Crippen MR) is 454 cm³/mol. The Labute approximate surface area is 660 Å². The smallest absolute Gasteiger partial charge is 0.463 e. The van der Waals surface area contributed by atoms with Crippen molar-refractivity contribution in [2.75, 3.05) is 39.6 Å². The highest BCUT2D eigenvalue weighted by Gasteiger charge is 2.29. The average Bonchev–Trinajstić information content (AvgIpc) is 0.903. The van der Waals surface area contributed by atoms with E-state index in [1.165, 1.54) is 25.7 Å². The van der Waals surface area contributed by atoms with E-state index in [0.29, 0.717) is 19.3 Å². The van der Waals surface area contributed by atoms with Gasteiger partial charge >= 0.3 is 33.6 Å². The Hall–Kier alpha value is -5.87. The van der Waals surface area contributed by atoms with Gasteiger partial charge in [0.25, 0.3) is 0 Å². The first kappa shape index (κ1) is 103. The van der Waals surface area contributed by atoms with Crippen molar-refractivity contribution in [3.63, 3.8) is 0 Å². The van der Waals surface area contributed by atoms with E-state index in [2.05, 4.69) is 227 Å². The van der Waals surface area contributed by atoms with Gasteiger partial charge in [0.1, 0.15) is 25.4 Å². The molecule has 0 aliphatic carbocycles. The predicted octanol–water partition coefficient (Wildman–Crippen LogP) is 24.9. The topological polar surface area (TPSA) is 231 Å². The van der Waals surface area contributed by atoms with Gasteiger partial charge in [0, 0.05) is 19.3 Å². The van der Waals surface area contributed by atoms with Gasteiger partial charge in [-0.25, -0.2) is 9.13 Å². The van der Waals surface area contributed by atoms with Crippen LogP contribution in [0, 0.1) is 0 Å². The third-order valence-corrected chi connectivity index (χ3v) is 18.4. The summed E-state index contributed by atoms with van der Waals surface area (Å²) in [4.78, 5) is 58.8. The van der Waals surface area contributed by atoms with Crippen molar-refractivity contribution in [3.8, 4) is 0 Å². The first-order valence-electron chi connectivity index (χ1n) is 41.4. The molecule has 0 aliphatic heterocycles. The highest BCUT2D eigenvalue weighted by atomic mass is 31.2. The van der Waals surface area contributed by atoms with E-state index in [9.17, 15) is 43.5 Å². The molecule has 0 saturated carbocycles. The lowest BCUT2D eigenvalue weighted by Gasteiger charge is -2.21. The summed E-state index contributed by atoms with van der Waals surface area (Å²) in [6.45, 7) is 2.27. The normalized spacial score (nSPS) is 15.0. The fraction of sp³-hybridized carbons (Fsp3) is 0.593. The summed E-state index contributed by atoms with van der Waals surface area (Å²) in [5.74, 6) is -1.64. The molecule has 0 saturated heterocycles. The van der Waals surface area contributed by atoms with Crippen LogP contribution in [0.3, 0.4) is 0 Å². The SMILES string of the molecule is CC/C=C\C/C=C\C/C=C\C/C=C\C/C=C\C/C=C\CCCCCCCCC(=O)OCC(O)COP(=O)(O)OCC(O)COP(=O)(O)OCC(COC(=O)CCCCCCCCCCC/C=C\C/C=C\C/C=C\C/C=C\C/C=C\CC)OC(=O)CCCCCC/C=C\C/C=C\C/C=C\C/C=C\C/C=C\C/C=C\CC. The van der Waals surface area contributed by atoms with Crippen LogP contribution in [-0.2, 0) is 55.8 Å². The Balaban J connectivity index is 4.78. The van der Waals surface area contributed by atoms with Gasteiger partial charge in [-0.3, -0.25) is 32.5 Å². The number of carbonyl (C=O) groups is 3. The summed E-state index contributed by atoms with van der Waals surface area (Å²) in [7, 11) is -9.83. The first-order chi connectivity index (χ1) is 53.2. The van der Waals surface area contributed by atoms with E-state index < -0.39 is 91.5 Å². The fourth-order valence-corrected chi connectivity index (χ4v) is 11.9. The second-order valence-corrected chi connectivity index (χ2v) is 29.7. The molecule has 5 unspecified atom stereocenters. The number of esters is 3. The summed E-state index contributed by atoms with van der Waals surface area (Å²) >= 11 is 0. The zero-order valence-electron chi connectivity index (χ0n) is 67.4. The fourth-order valence-electron chi connectivity index (χ4n) is 10.3. The van der Waals surface area contributed by atoms with Crippen LogP contribution < -0.4 is 0 Å². The molecule has 109 heavy (non-hydrogen) atoms. The number of phosphoric acid groups is 2. The number of carbonyl (C=O) groups excluding carboxylic acids is 3. The number of phosphoric ester groups is 2. The van der Waals surface area contributed by atoms with Crippen LogP contribution in [-0.4, -0.2) is 95.9 Å². The number of hydrogen-bond acceptors (Lipinski definition) is 14. The summed E-state index contributed by atoms with van der Waals surface area (Å²) in [6, 6.07) is 0. The number of aliphatic hydroxyl groups excluding tert-OH is 2. The summed E-state index contributed by atoms with van der Waals surface area (Å²) in [5.41, 5.74) is 0. The third-order valence-electron chi connectivity index (χ3n) is 16.5. The van der Waals surface area contributed by atoms with Gasteiger partial charge in [0.05, 0.1) is 26.4 Å².